The number of ether oxygens (including phenoxy) is 1. The van der Waals surface area contributed by atoms with Crippen molar-refractivity contribution in [2.45, 2.75) is 38.8 Å². The van der Waals surface area contributed by atoms with Gasteiger partial charge in [0.2, 0.25) is 0 Å². The Morgan fingerprint density at radius 1 is 1.29 bits per heavy atom. The van der Waals surface area contributed by atoms with Crippen molar-refractivity contribution in [3.8, 4) is 0 Å². The van der Waals surface area contributed by atoms with Crippen LogP contribution in [0.2, 0.25) is 0 Å². The van der Waals surface area contributed by atoms with E-state index in [0.717, 1.165) is 5.56 Å². The maximum atomic E-state index is 11.9. The second-order valence-corrected chi connectivity index (χ2v) is 5.18. The SMILES string of the molecule is CC[C@@H]1NC(=O)N(CCCO[C@@H](C)c2ccccc2)C1=O. The van der Waals surface area contributed by atoms with Crippen LogP contribution in [0.25, 0.3) is 0 Å². The van der Waals surface area contributed by atoms with Gasteiger partial charge >= 0.3 is 6.03 Å². The summed E-state index contributed by atoms with van der Waals surface area (Å²) < 4.78 is 5.74. The number of benzene rings is 1. The van der Waals surface area contributed by atoms with Crippen LogP contribution in [0.5, 0.6) is 0 Å². The molecule has 1 fully saturated rings. The zero-order valence-electron chi connectivity index (χ0n) is 12.5. The maximum absolute atomic E-state index is 11.9. The minimum Gasteiger partial charge on any atom is -0.374 e. The maximum Gasteiger partial charge on any atom is 0.324 e. The number of rotatable bonds is 7. The molecule has 0 aliphatic carbocycles. The molecule has 0 saturated carbocycles. The molecule has 0 aromatic heterocycles. The first kappa shape index (κ1) is 15.5. The number of urea groups is 1. The van der Waals surface area contributed by atoms with Crippen molar-refractivity contribution in [3.05, 3.63) is 35.9 Å². The van der Waals surface area contributed by atoms with E-state index in [4.69, 9.17) is 4.74 Å². The van der Waals surface area contributed by atoms with E-state index < -0.39 is 0 Å². The van der Waals surface area contributed by atoms with E-state index in [0.29, 0.717) is 26.0 Å². The molecule has 2 atom stereocenters. The Balaban J connectivity index is 1.73. The standard InChI is InChI=1S/C16H22N2O3/c1-3-14-15(19)18(16(20)17-14)10-7-11-21-12(2)13-8-5-4-6-9-13/h4-6,8-9,12,14H,3,7,10-11H2,1-2H3,(H,17,20)/t12-,14-/m0/s1. The van der Waals surface area contributed by atoms with Crippen molar-refractivity contribution < 1.29 is 14.3 Å². The number of amides is 3. The van der Waals surface area contributed by atoms with Gasteiger partial charge in [-0.05, 0) is 25.3 Å². The summed E-state index contributed by atoms with van der Waals surface area (Å²) in [6.07, 6.45) is 1.28. The van der Waals surface area contributed by atoms with Crippen molar-refractivity contribution in [1.29, 1.82) is 0 Å². The van der Waals surface area contributed by atoms with E-state index in [-0.39, 0.29) is 24.1 Å². The van der Waals surface area contributed by atoms with E-state index in [2.05, 4.69) is 5.32 Å². The number of carbonyl (C=O) groups excluding carboxylic acids is 2. The summed E-state index contributed by atoms with van der Waals surface area (Å²) >= 11 is 0. The van der Waals surface area contributed by atoms with Crippen molar-refractivity contribution in [1.82, 2.24) is 10.2 Å². The van der Waals surface area contributed by atoms with Gasteiger partial charge in [-0.25, -0.2) is 4.79 Å². The van der Waals surface area contributed by atoms with Gasteiger partial charge < -0.3 is 10.1 Å². The van der Waals surface area contributed by atoms with Crippen LogP contribution in [-0.2, 0) is 9.53 Å². The summed E-state index contributed by atoms with van der Waals surface area (Å²) in [7, 11) is 0. The lowest BCUT2D eigenvalue weighted by atomic mass is 10.1. The zero-order chi connectivity index (χ0) is 15.2. The molecule has 0 bridgehead atoms. The Morgan fingerprint density at radius 2 is 2.00 bits per heavy atom. The van der Waals surface area contributed by atoms with Gasteiger partial charge in [-0.15, -0.1) is 0 Å². The van der Waals surface area contributed by atoms with Crippen molar-refractivity contribution in [2.75, 3.05) is 13.2 Å². The lowest BCUT2D eigenvalue weighted by Gasteiger charge is -2.16. The van der Waals surface area contributed by atoms with Crippen LogP contribution in [0.1, 0.15) is 38.4 Å². The first-order valence-electron chi connectivity index (χ1n) is 7.42. The predicted molar refractivity (Wildman–Crippen MR) is 79.7 cm³/mol. The van der Waals surface area contributed by atoms with E-state index in [9.17, 15) is 9.59 Å². The van der Waals surface area contributed by atoms with Crippen molar-refractivity contribution in [2.24, 2.45) is 0 Å². The lowest BCUT2D eigenvalue weighted by Crippen LogP contribution is -2.32. The van der Waals surface area contributed by atoms with Gasteiger partial charge in [0.05, 0.1) is 6.10 Å². The largest absolute Gasteiger partial charge is 0.374 e. The topological polar surface area (TPSA) is 58.6 Å². The van der Waals surface area contributed by atoms with Gasteiger partial charge in [0, 0.05) is 13.2 Å². The normalized spacial score (nSPS) is 19.7. The van der Waals surface area contributed by atoms with Gasteiger partial charge in [0.25, 0.3) is 5.91 Å². The van der Waals surface area contributed by atoms with E-state index in [1.165, 1.54) is 4.90 Å². The van der Waals surface area contributed by atoms with Crippen LogP contribution in [0.4, 0.5) is 4.79 Å². The van der Waals surface area contributed by atoms with Crippen LogP contribution in [0.3, 0.4) is 0 Å². The number of hydrogen-bond donors (Lipinski definition) is 1. The average molecular weight is 290 g/mol. The molecule has 1 aromatic carbocycles. The van der Waals surface area contributed by atoms with Crippen LogP contribution in [0, 0.1) is 0 Å². The Hall–Kier alpha value is -1.88. The summed E-state index contributed by atoms with van der Waals surface area (Å²) in [5, 5.41) is 2.68. The van der Waals surface area contributed by atoms with Crippen LogP contribution in [0.15, 0.2) is 30.3 Å². The fraction of sp³-hybridized carbons (Fsp3) is 0.500. The number of imide groups is 1. The molecule has 1 aliphatic rings. The third-order valence-electron chi connectivity index (χ3n) is 3.68. The average Bonchev–Trinajstić information content (AvgIpc) is 2.79. The van der Waals surface area contributed by atoms with Gasteiger partial charge in [-0.1, -0.05) is 37.3 Å². The molecule has 1 aromatic rings. The third-order valence-corrected chi connectivity index (χ3v) is 3.68. The van der Waals surface area contributed by atoms with Crippen molar-refractivity contribution in [3.63, 3.8) is 0 Å². The molecule has 0 unspecified atom stereocenters. The first-order valence-corrected chi connectivity index (χ1v) is 7.42. The highest BCUT2D eigenvalue weighted by atomic mass is 16.5. The van der Waals surface area contributed by atoms with Crippen LogP contribution in [-0.4, -0.2) is 36.0 Å². The highest BCUT2D eigenvalue weighted by Gasteiger charge is 2.36. The first-order chi connectivity index (χ1) is 10.1. The molecule has 3 amide bonds. The van der Waals surface area contributed by atoms with Gasteiger partial charge in [-0.2, -0.15) is 0 Å². The minimum atomic E-state index is -0.360. The summed E-state index contributed by atoms with van der Waals surface area (Å²) in [5.41, 5.74) is 1.12. The van der Waals surface area contributed by atoms with E-state index in [1.807, 2.05) is 44.2 Å². The second-order valence-electron chi connectivity index (χ2n) is 5.18. The lowest BCUT2D eigenvalue weighted by molar-refractivity contribution is -0.127. The third kappa shape index (κ3) is 3.82. The quantitative estimate of drug-likeness (QED) is 0.620. The van der Waals surface area contributed by atoms with Gasteiger partial charge in [0.15, 0.2) is 0 Å². The van der Waals surface area contributed by atoms with Gasteiger partial charge in [0.1, 0.15) is 6.04 Å². The predicted octanol–water partition coefficient (Wildman–Crippen LogP) is 2.48. The fourth-order valence-electron chi connectivity index (χ4n) is 2.37. The monoisotopic (exact) mass is 290 g/mol. The molecule has 0 spiro atoms. The van der Waals surface area contributed by atoms with Crippen LogP contribution >= 0.6 is 0 Å². The molecule has 1 N–H and O–H groups in total. The minimum absolute atomic E-state index is 0.0118. The highest BCUT2D eigenvalue weighted by molar-refractivity contribution is 6.04. The Kier molecular flexibility index (Phi) is 5.33. The van der Waals surface area contributed by atoms with E-state index in [1.54, 1.807) is 0 Å². The number of carbonyl (C=O) groups is 2. The summed E-state index contributed by atoms with van der Waals surface area (Å²) in [6, 6.07) is 9.32. The number of nitrogens with one attached hydrogen (secondary N) is 1. The Labute approximate surface area is 125 Å². The Bertz CT molecular complexity index is 490. The second kappa shape index (κ2) is 7.22. The molecule has 114 valence electrons. The molecule has 5 heteroatoms. The molecule has 5 nitrogen and oxygen atoms in total. The van der Waals surface area contributed by atoms with Crippen LogP contribution < -0.4 is 5.32 Å². The van der Waals surface area contributed by atoms with Gasteiger partial charge in [-0.3, -0.25) is 9.69 Å². The fourth-order valence-corrected chi connectivity index (χ4v) is 2.37. The summed E-state index contributed by atoms with van der Waals surface area (Å²) in [4.78, 5) is 24.8. The summed E-state index contributed by atoms with van der Waals surface area (Å²) in [6.45, 7) is 4.81. The molecule has 1 saturated heterocycles. The number of hydrogen-bond acceptors (Lipinski definition) is 3. The number of nitrogens with zero attached hydrogens (tertiary/aromatic N) is 1. The molecule has 1 heterocycles. The molecule has 21 heavy (non-hydrogen) atoms. The molecule has 0 radical (unpaired) electrons. The van der Waals surface area contributed by atoms with Crippen molar-refractivity contribution >= 4 is 11.9 Å². The smallest absolute Gasteiger partial charge is 0.324 e. The molecule has 1 aliphatic heterocycles. The highest BCUT2D eigenvalue weighted by Crippen LogP contribution is 2.16. The Morgan fingerprint density at radius 3 is 2.62 bits per heavy atom. The molecular formula is C16H22N2O3. The summed E-state index contributed by atoms with van der Waals surface area (Å²) in [5.74, 6) is -0.126. The molecule has 2 rings (SSSR count). The van der Waals surface area contributed by atoms with E-state index >= 15 is 0 Å². The zero-order valence-corrected chi connectivity index (χ0v) is 12.5. The molecular weight excluding hydrogens is 268 g/mol.